The van der Waals surface area contributed by atoms with Gasteiger partial charge in [-0.25, -0.2) is 19.3 Å². The zero-order valence-electron chi connectivity index (χ0n) is 22.3. The zero-order valence-corrected chi connectivity index (χ0v) is 24.7. The third-order valence-electron chi connectivity index (χ3n) is 7.04. The topological polar surface area (TPSA) is 104 Å². The second-order valence-electron chi connectivity index (χ2n) is 9.50. The molecule has 1 aliphatic heterocycles. The van der Waals surface area contributed by atoms with Gasteiger partial charge in [-0.2, -0.15) is 4.98 Å². The monoisotopic (exact) mass is 622 g/mol. The quantitative estimate of drug-likeness (QED) is 0.150. The number of halogens is 1. The van der Waals surface area contributed by atoms with Crippen molar-refractivity contribution in [2.24, 2.45) is 0 Å². The molecule has 4 aromatic rings. The minimum Gasteiger partial charge on any atom is -0.507 e. The van der Waals surface area contributed by atoms with Gasteiger partial charge >= 0.3 is 5.69 Å². The van der Waals surface area contributed by atoms with Gasteiger partial charge in [0, 0.05) is 42.3 Å². The maximum absolute atomic E-state index is 13.9. The van der Waals surface area contributed by atoms with Crippen LogP contribution in [0.15, 0.2) is 57.4 Å². The fraction of sp³-hybridized carbons (Fsp3) is 0.222. The van der Waals surface area contributed by atoms with E-state index in [4.69, 9.17) is 28.5 Å². The Hall–Kier alpha value is -3.51. The molecule has 1 aromatic carbocycles. The number of amides is 1. The molecule has 0 bridgehead atoms. The highest BCUT2D eigenvalue weighted by molar-refractivity contribution is 9.10. The molecule has 1 fully saturated rings. The maximum Gasteiger partial charge on any atom is 0.355 e. The average molecular weight is 623 g/mol. The first-order valence-corrected chi connectivity index (χ1v) is 14.6. The van der Waals surface area contributed by atoms with Gasteiger partial charge in [-0.15, -0.1) is 17.2 Å². The normalized spacial score (nSPS) is 15.3. The van der Waals surface area contributed by atoms with Gasteiger partial charge in [-0.05, 0) is 47.3 Å². The number of phenolic OH excluding ortho intramolecular Hbond substituents is 1. The third kappa shape index (κ3) is 5.08. The number of piperazine rings is 1. The van der Waals surface area contributed by atoms with E-state index in [9.17, 15) is 14.7 Å². The predicted octanol–water partition coefficient (Wildman–Crippen LogP) is 0.637. The summed E-state index contributed by atoms with van der Waals surface area (Å²) in [7, 11) is 18.8. The predicted molar refractivity (Wildman–Crippen MR) is 169 cm³/mol. The van der Waals surface area contributed by atoms with Crippen LogP contribution >= 0.6 is 27.7 Å². The van der Waals surface area contributed by atoms with Crippen LogP contribution in [0.4, 0.5) is 5.82 Å². The highest BCUT2D eigenvalue weighted by Gasteiger charge is 2.30. The Morgan fingerprint density at radius 2 is 1.95 bits per heavy atom. The van der Waals surface area contributed by atoms with Crippen molar-refractivity contribution < 1.29 is 9.90 Å². The number of phenols is 1. The largest absolute Gasteiger partial charge is 0.507 e. The van der Waals surface area contributed by atoms with Crippen LogP contribution in [0.25, 0.3) is 28.0 Å². The van der Waals surface area contributed by atoms with E-state index in [0.29, 0.717) is 41.1 Å². The van der Waals surface area contributed by atoms with Crippen molar-refractivity contribution in [2.45, 2.75) is 17.9 Å². The molecule has 41 heavy (non-hydrogen) atoms. The molecule has 1 amide bonds. The van der Waals surface area contributed by atoms with Crippen molar-refractivity contribution in [1.82, 2.24) is 24.4 Å². The maximum atomic E-state index is 13.9. The molecule has 1 saturated heterocycles. The lowest BCUT2D eigenvalue weighted by molar-refractivity contribution is -0.126. The number of benzene rings is 1. The number of hydrogen-bond donors (Lipinski definition) is 1. The molecule has 1 atom stereocenters. The Kier molecular flexibility index (Phi) is 8.07. The molecule has 9 nitrogen and oxygen atoms in total. The van der Waals surface area contributed by atoms with E-state index in [2.05, 4.69) is 32.5 Å². The smallest absolute Gasteiger partial charge is 0.355 e. The number of carbonyl (C=O) groups is 1. The van der Waals surface area contributed by atoms with Gasteiger partial charge in [-0.1, -0.05) is 29.6 Å². The number of fused-ring (bicyclic) bond motifs is 1. The summed E-state index contributed by atoms with van der Waals surface area (Å²) in [6.45, 7) is 6.78. The Bertz CT molecular complexity index is 1790. The van der Waals surface area contributed by atoms with Crippen LogP contribution in [0.5, 0.6) is 5.75 Å². The highest BCUT2D eigenvalue weighted by Crippen LogP contribution is 2.34. The first-order chi connectivity index (χ1) is 19.6. The standard InChI is InChI=1S/C27H22B3BrN6O3S/c1-4-19(39)35-9-10-36(13(2)12-35)25-14-11-16(29)22(20-17(38)6-5-15(28)21(20)30)33-26(14)37(27(40)34-25)23-18(41-3)7-8-32-24(23)31/h4-8,11,13,38H,1,9-10,12H2,2-3H3. The van der Waals surface area contributed by atoms with E-state index in [0.717, 1.165) is 4.90 Å². The minimum atomic E-state index is -0.596. The van der Waals surface area contributed by atoms with Gasteiger partial charge in [0.05, 0.1) is 16.8 Å². The molecule has 14 heteroatoms. The summed E-state index contributed by atoms with van der Waals surface area (Å²) in [6, 6.07) is 6.16. The van der Waals surface area contributed by atoms with Crippen molar-refractivity contribution in [2.75, 3.05) is 30.8 Å². The third-order valence-corrected chi connectivity index (χ3v) is 8.39. The number of thioether (sulfide) groups is 1. The van der Waals surface area contributed by atoms with Crippen molar-refractivity contribution in [3.8, 4) is 22.7 Å². The number of hydrogen-bond acceptors (Lipinski definition) is 8. The van der Waals surface area contributed by atoms with Gasteiger partial charge in [0.25, 0.3) is 0 Å². The van der Waals surface area contributed by atoms with Crippen LogP contribution in [0, 0.1) is 0 Å². The lowest BCUT2D eigenvalue weighted by Gasteiger charge is -2.40. The molecule has 5 rings (SSSR count). The molecule has 6 radical (unpaired) electrons. The molecule has 3 aromatic heterocycles. The van der Waals surface area contributed by atoms with Gasteiger partial charge in [0.2, 0.25) is 5.91 Å². The van der Waals surface area contributed by atoms with Crippen LogP contribution in [0.2, 0.25) is 0 Å². The summed E-state index contributed by atoms with van der Waals surface area (Å²) < 4.78 is 1.78. The summed E-state index contributed by atoms with van der Waals surface area (Å²) in [6.07, 6.45) is 4.80. The summed E-state index contributed by atoms with van der Waals surface area (Å²) in [5.41, 5.74) is 0.946. The molecular weight excluding hydrogens is 601 g/mol. The Labute approximate surface area is 253 Å². The number of carbonyl (C=O) groups excluding carboxylic acids is 1. The lowest BCUT2D eigenvalue weighted by atomic mass is 9.75. The molecule has 4 heterocycles. The lowest BCUT2D eigenvalue weighted by Crippen LogP contribution is -2.54. The molecule has 200 valence electrons. The van der Waals surface area contributed by atoms with E-state index in [1.165, 1.54) is 34.5 Å². The van der Waals surface area contributed by atoms with Gasteiger partial charge in [0.15, 0.2) is 5.65 Å². The highest BCUT2D eigenvalue weighted by atomic mass is 79.9. The molecule has 1 aliphatic rings. The minimum absolute atomic E-state index is 0.107. The van der Waals surface area contributed by atoms with E-state index < -0.39 is 5.69 Å². The second kappa shape index (κ2) is 11.4. The van der Waals surface area contributed by atoms with Gasteiger partial charge < -0.3 is 14.9 Å². The number of anilines is 1. The zero-order chi connectivity index (χ0) is 29.6. The summed E-state index contributed by atoms with van der Waals surface area (Å²) in [5.74, 6) is 0.0499. The molecule has 0 spiro atoms. The number of nitrogens with zero attached hydrogens (tertiary/aromatic N) is 6. The van der Waals surface area contributed by atoms with Gasteiger partial charge in [-0.3, -0.25) is 4.79 Å². The second-order valence-corrected chi connectivity index (χ2v) is 11.1. The van der Waals surface area contributed by atoms with Gasteiger partial charge in [0.1, 0.15) is 39.7 Å². The molecule has 0 saturated carbocycles. The van der Waals surface area contributed by atoms with Crippen molar-refractivity contribution >= 4 is 90.4 Å². The SMILES string of the molecule is [B]c1cc2c(N3CCN(C(=O)C=C)CC3C)nc(=O)n(-c3c(SC)ccnc3Br)c2nc1-c1c(O)ccc([B])c1[B]. The molecule has 0 aliphatic carbocycles. The van der Waals surface area contributed by atoms with Crippen molar-refractivity contribution in [1.29, 1.82) is 0 Å². The first-order valence-electron chi connectivity index (χ1n) is 12.5. The first kappa shape index (κ1) is 29.0. The van der Waals surface area contributed by atoms with Crippen molar-refractivity contribution in [3.63, 3.8) is 0 Å². The van der Waals surface area contributed by atoms with Crippen LogP contribution in [0.3, 0.4) is 0 Å². The summed E-state index contributed by atoms with van der Waals surface area (Å²) in [4.78, 5) is 44.2. The number of rotatable bonds is 5. The Morgan fingerprint density at radius 1 is 1.20 bits per heavy atom. The molecular formula is C27H22B3BrN6O3S. The van der Waals surface area contributed by atoms with Crippen LogP contribution < -0.4 is 27.0 Å². The summed E-state index contributed by atoms with van der Waals surface area (Å²) >= 11 is 4.92. The van der Waals surface area contributed by atoms with E-state index >= 15 is 0 Å². The number of aromatic hydroxyl groups is 1. The van der Waals surface area contributed by atoms with Crippen LogP contribution in [-0.2, 0) is 4.79 Å². The Balaban J connectivity index is 1.83. The fourth-order valence-electron chi connectivity index (χ4n) is 5.02. The average Bonchev–Trinajstić information content (AvgIpc) is 2.95. The van der Waals surface area contributed by atoms with Crippen LogP contribution in [0.1, 0.15) is 6.92 Å². The van der Waals surface area contributed by atoms with Crippen LogP contribution in [-0.4, -0.2) is 90.9 Å². The van der Waals surface area contributed by atoms with Crippen molar-refractivity contribution in [3.05, 3.63) is 58.2 Å². The van der Waals surface area contributed by atoms with E-state index in [1.807, 2.05) is 18.1 Å². The van der Waals surface area contributed by atoms with E-state index in [-0.39, 0.29) is 51.0 Å². The summed E-state index contributed by atoms with van der Waals surface area (Å²) in [5, 5.41) is 11.2. The molecule has 1 N–H and O–H groups in total. The number of aromatic nitrogens is 4. The van der Waals surface area contributed by atoms with E-state index in [1.54, 1.807) is 23.2 Å². The Morgan fingerprint density at radius 3 is 2.63 bits per heavy atom. The number of pyridine rings is 2. The molecule has 1 unspecified atom stereocenters. The fourth-order valence-corrected chi connectivity index (χ4v) is 6.24.